The van der Waals surface area contributed by atoms with Gasteiger partial charge in [0.1, 0.15) is 6.04 Å². The summed E-state index contributed by atoms with van der Waals surface area (Å²) in [4.78, 5) is 14.3. The predicted molar refractivity (Wildman–Crippen MR) is 83.9 cm³/mol. The number of nitrogens with zero attached hydrogens (tertiary/aromatic N) is 1. The van der Waals surface area contributed by atoms with Crippen molar-refractivity contribution < 1.29 is 4.79 Å². The van der Waals surface area contributed by atoms with Gasteiger partial charge in [0.2, 0.25) is 5.91 Å². The molecule has 3 N–H and O–H groups in total. The van der Waals surface area contributed by atoms with Crippen molar-refractivity contribution in [3.63, 3.8) is 0 Å². The molecule has 2 aliphatic rings. The average Bonchev–Trinajstić information content (AvgIpc) is 3.25. The normalized spacial score (nSPS) is 24.8. The molecule has 5 heteroatoms. The van der Waals surface area contributed by atoms with Crippen LogP contribution in [0.5, 0.6) is 0 Å². The molecule has 1 saturated carbocycles. The Labute approximate surface area is 126 Å². The van der Waals surface area contributed by atoms with Gasteiger partial charge < -0.3 is 10.2 Å². The van der Waals surface area contributed by atoms with E-state index in [2.05, 4.69) is 33.2 Å². The first-order valence-corrected chi connectivity index (χ1v) is 7.79. The van der Waals surface area contributed by atoms with Crippen LogP contribution in [0.25, 0.3) is 0 Å². The molecular formula is C16H24N4O. The molecule has 5 nitrogen and oxygen atoms in total. The first-order chi connectivity index (χ1) is 10.2. The number of hydrogen-bond donors (Lipinski definition) is 3. The van der Waals surface area contributed by atoms with Crippen LogP contribution in [-0.2, 0) is 4.79 Å². The molecule has 114 valence electrons. The van der Waals surface area contributed by atoms with Gasteiger partial charge >= 0.3 is 0 Å². The monoisotopic (exact) mass is 288 g/mol. The Morgan fingerprint density at radius 1 is 1.29 bits per heavy atom. The van der Waals surface area contributed by atoms with Gasteiger partial charge in [0.05, 0.1) is 0 Å². The second-order valence-electron chi connectivity index (χ2n) is 6.07. The zero-order chi connectivity index (χ0) is 14.7. The first-order valence-electron chi connectivity index (χ1n) is 7.79. The van der Waals surface area contributed by atoms with Crippen LogP contribution in [0.4, 0.5) is 5.69 Å². The lowest BCUT2D eigenvalue weighted by atomic mass is 10.1. The third-order valence-corrected chi connectivity index (χ3v) is 4.38. The van der Waals surface area contributed by atoms with Crippen molar-refractivity contribution in [1.82, 2.24) is 16.2 Å². The fraction of sp³-hybridized carbons (Fsp3) is 0.562. The van der Waals surface area contributed by atoms with Crippen LogP contribution in [0.2, 0.25) is 0 Å². The number of carbonyl (C=O) groups excluding carboxylic acids is 1. The second-order valence-corrected chi connectivity index (χ2v) is 6.07. The topological polar surface area (TPSA) is 56.4 Å². The van der Waals surface area contributed by atoms with E-state index in [9.17, 15) is 4.79 Å². The van der Waals surface area contributed by atoms with Gasteiger partial charge in [-0.2, -0.15) is 0 Å². The summed E-state index contributed by atoms with van der Waals surface area (Å²) in [5, 5.41) is 3.02. The third kappa shape index (κ3) is 3.74. The van der Waals surface area contributed by atoms with Crippen LogP contribution in [-0.4, -0.2) is 38.1 Å². The third-order valence-electron chi connectivity index (χ3n) is 4.38. The molecule has 3 rings (SSSR count). The number of rotatable bonds is 6. The highest BCUT2D eigenvalue weighted by Crippen LogP contribution is 2.35. The zero-order valence-corrected chi connectivity index (χ0v) is 12.5. The second kappa shape index (κ2) is 6.45. The van der Waals surface area contributed by atoms with E-state index < -0.39 is 0 Å². The van der Waals surface area contributed by atoms with Crippen LogP contribution in [0, 0.1) is 5.92 Å². The zero-order valence-electron chi connectivity index (χ0n) is 12.5. The predicted octanol–water partition coefficient (Wildman–Crippen LogP) is 0.884. The number of amides is 1. The van der Waals surface area contributed by atoms with E-state index in [0.717, 1.165) is 18.9 Å². The standard InChI is InChI=1S/C16H24N4O/c1-20(13-5-3-2-4-6-13)10-9-17-16(21)15-11-14(18-19-15)12-7-8-12/h2-6,12,14-15,18-19H,7-11H2,1H3,(H,17,21). The molecule has 21 heavy (non-hydrogen) atoms. The van der Waals surface area contributed by atoms with Crippen LogP contribution in [0.3, 0.4) is 0 Å². The Hall–Kier alpha value is -1.59. The van der Waals surface area contributed by atoms with Crippen LogP contribution in [0.15, 0.2) is 30.3 Å². The molecule has 1 aromatic rings. The van der Waals surface area contributed by atoms with Gasteiger partial charge in [-0.25, -0.2) is 5.43 Å². The fourth-order valence-electron chi connectivity index (χ4n) is 2.84. The van der Waals surface area contributed by atoms with Crippen molar-refractivity contribution in [2.45, 2.75) is 31.3 Å². The van der Waals surface area contributed by atoms with E-state index in [4.69, 9.17) is 0 Å². The minimum atomic E-state index is -0.0855. The molecular weight excluding hydrogens is 264 g/mol. The molecule has 1 saturated heterocycles. The van der Waals surface area contributed by atoms with Crippen molar-refractivity contribution in [1.29, 1.82) is 0 Å². The Morgan fingerprint density at radius 2 is 2.05 bits per heavy atom. The van der Waals surface area contributed by atoms with Gasteiger partial charge in [-0.15, -0.1) is 0 Å². The Bertz CT molecular complexity index is 474. The lowest BCUT2D eigenvalue weighted by Crippen LogP contribution is -2.45. The Morgan fingerprint density at radius 3 is 2.76 bits per heavy atom. The van der Waals surface area contributed by atoms with E-state index in [1.165, 1.54) is 18.5 Å². The summed E-state index contributed by atoms with van der Waals surface area (Å²) in [5.74, 6) is 0.881. The minimum Gasteiger partial charge on any atom is -0.373 e. The SMILES string of the molecule is CN(CCNC(=O)C1CC(C2CC2)NN1)c1ccccc1. The van der Waals surface area contributed by atoms with Crippen LogP contribution >= 0.6 is 0 Å². The summed E-state index contributed by atoms with van der Waals surface area (Å²) in [6, 6.07) is 10.6. The number of benzene rings is 1. The van der Waals surface area contributed by atoms with Crippen LogP contribution < -0.4 is 21.1 Å². The largest absolute Gasteiger partial charge is 0.373 e. The molecule has 0 bridgehead atoms. The Kier molecular flexibility index (Phi) is 4.41. The maximum absolute atomic E-state index is 12.1. The number of hydrogen-bond acceptors (Lipinski definition) is 4. The molecule has 1 heterocycles. The van der Waals surface area contributed by atoms with Crippen molar-refractivity contribution in [2.75, 3.05) is 25.0 Å². The van der Waals surface area contributed by atoms with Gasteiger partial charge in [0.15, 0.2) is 0 Å². The van der Waals surface area contributed by atoms with Crippen molar-refractivity contribution in [3.8, 4) is 0 Å². The minimum absolute atomic E-state index is 0.0855. The summed E-state index contributed by atoms with van der Waals surface area (Å²) >= 11 is 0. The summed E-state index contributed by atoms with van der Waals surface area (Å²) in [5.41, 5.74) is 7.54. The molecule has 0 radical (unpaired) electrons. The maximum atomic E-state index is 12.1. The van der Waals surface area contributed by atoms with Gasteiger partial charge in [0, 0.05) is 31.9 Å². The maximum Gasteiger partial charge on any atom is 0.238 e. The molecule has 2 unspecified atom stereocenters. The molecule has 0 aromatic heterocycles. The Balaban J connectivity index is 1.38. The van der Waals surface area contributed by atoms with Gasteiger partial charge in [-0.3, -0.25) is 10.2 Å². The lowest BCUT2D eigenvalue weighted by Gasteiger charge is -2.20. The van der Waals surface area contributed by atoms with Gasteiger partial charge in [0.25, 0.3) is 0 Å². The van der Waals surface area contributed by atoms with Gasteiger partial charge in [-0.1, -0.05) is 18.2 Å². The van der Waals surface area contributed by atoms with Gasteiger partial charge in [-0.05, 0) is 37.3 Å². The number of para-hydroxylation sites is 1. The molecule has 1 aliphatic heterocycles. The van der Waals surface area contributed by atoms with Crippen LogP contribution in [0.1, 0.15) is 19.3 Å². The highest BCUT2D eigenvalue weighted by molar-refractivity contribution is 5.82. The highest BCUT2D eigenvalue weighted by atomic mass is 16.2. The number of anilines is 1. The molecule has 2 atom stereocenters. The molecule has 2 fully saturated rings. The van der Waals surface area contributed by atoms with E-state index >= 15 is 0 Å². The van der Waals surface area contributed by atoms with E-state index in [1.807, 2.05) is 25.2 Å². The summed E-state index contributed by atoms with van der Waals surface area (Å²) in [6.45, 7) is 1.47. The quantitative estimate of drug-likeness (QED) is 0.727. The smallest absolute Gasteiger partial charge is 0.238 e. The fourth-order valence-corrected chi connectivity index (χ4v) is 2.84. The van der Waals surface area contributed by atoms with Crippen molar-refractivity contribution in [3.05, 3.63) is 30.3 Å². The summed E-state index contributed by atoms with van der Waals surface area (Å²) < 4.78 is 0. The molecule has 1 aromatic carbocycles. The molecule has 0 spiro atoms. The number of carbonyl (C=O) groups is 1. The summed E-state index contributed by atoms with van der Waals surface area (Å²) in [6.07, 6.45) is 3.51. The van der Waals surface area contributed by atoms with E-state index in [0.29, 0.717) is 12.6 Å². The van der Waals surface area contributed by atoms with E-state index in [-0.39, 0.29) is 11.9 Å². The summed E-state index contributed by atoms with van der Waals surface area (Å²) in [7, 11) is 2.04. The number of likely N-dealkylation sites (N-methyl/N-ethyl adjacent to an activating group) is 1. The van der Waals surface area contributed by atoms with Crippen molar-refractivity contribution in [2.24, 2.45) is 5.92 Å². The molecule has 1 aliphatic carbocycles. The first kappa shape index (κ1) is 14.4. The molecule has 1 amide bonds. The highest BCUT2D eigenvalue weighted by Gasteiger charge is 2.38. The van der Waals surface area contributed by atoms with Crippen molar-refractivity contribution >= 4 is 11.6 Å². The van der Waals surface area contributed by atoms with E-state index in [1.54, 1.807) is 0 Å². The number of nitrogens with one attached hydrogen (secondary N) is 3. The average molecular weight is 288 g/mol. The lowest BCUT2D eigenvalue weighted by molar-refractivity contribution is -0.122. The number of hydrazine groups is 1.